The van der Waals surface area contributed by atoms with Crippen molar-refractivity contribution in [2.45, 2.75) is 12.8 Å². The van der Waals surface area contributed by atoms with Crippen LogP contribution in [-0.4, -0.2) is 53.6 Å². The van der Waals surface area contributed by atoms with E-state index in [1.165, 1.54) is 30.2 Å². The van der Waals surface area contributed by atoms with Crippen molar-refractivity contribution in [1.82, 2.24) is 4.90 Å². The number of non-ortho nitro benzene ring substituents is 1. The number of likely N-dealkylation sites (tertiary alicyclic amines) is 1. The van der Waals surface area contributed by atoms with Crippen molar-refractivity contribution >= 4 is 29.2 Å². The Morgan fingerprint density at radius 3 is 2.75 bits per heavy atom. The number of nitro benzene ring substituents is 1. The summed E-state index contributed by atoms with van der Waals surface area (Å²) >= 11 is 5.99. The van der Waals surface area contributed by atoms with Crippen molar-refractivity contribution in [1.29, 1.82) is 0 Å². The summed E-state index contributed by atoms with van der Waals surface area (Å²) in [5, 5.41) is 20.2. The lowest BCUT2D eigenvalue weighted by Gasteiger charge is -2.23. The van der Waals surface area contributed by atoms with Crippen molar-refractivity contribution in [2.75, 3.05) is 26.8 Å². The van der Waals surface area contributed by atoms with E-state index in [1.807, 2.05) is 0 Å². The van der Waals surface area contributed by atoms with Gasteiger partial charge in [-0.15, -0.1) is 0 Å². The van der Waals surface area contributed by atoms with Crippen LogP contribution in [0.2, 0.25) is 5.02 Å². The van der Waals surface area contributed by atoms with Crippen LogP contribution in [0.25, 0.3) is 0 Å². The normalized spacial score (nSPS) is 20.2. The van der Waals surface area contributed by atoms with Crippen LogP contribution in [0.5, 0.6) is 0 Å². The Balaban J connectivity index is 2.08. The predicted molar refractivity (Wildman–Crippen MR) is 85.0 cm³/mol. The lowest BCUT2D eigenvalue weighted by molar-refractivity contribution is -0.384. The van der Waals surface area contributed by atoms with Crippen LogP contribution < -0.4 is 0 Å². The smallest absolute Gasteiger partial charge is 0.313 e. The van der Waals surface area contributed by atoms with Gasteiger partial charge in [-0.25, -0.2) is 0 Å². The van der Waals surface area contributed by atoms with E-state index < -0.39 is 16.3 Å². The van der Waals surface area contributed by atoms with Gasteiger partial charge in [-0.05, 0) is 12.0 Å². The molecule has 1 atom stereocenters. The third-order valence-corrected chi connectivity index (χ3v) is 4.52. The summed E-state index contributed by atoms with van der Waals surface area (Å²) in [6, 6.07) is 3.92. The third kappa shape index (κ3) is 3.65. The van der Waals surface area contributed by atoms with E-state index in [2.05, 4.69) is 0 Å². The van der Waals surface area contributed by atoms with Crippen LogP contribution in [0.1, 0.15) is 12.0 Å². The molecule has 0 aliphatic carbocycles. The Kier molecular flexibility index (Phi) is 5.40. The molecule has 0 saturated carbocycles. The number of hydrogen-bond donors (Lipinski definition) is 1. The summed E-state index contributed by atoms with van der Waals surface area (Å²) in [5.41, 5.74) is -0.780. The van der Waals surface area contributed by atoms with Gasteiger partial charge in [0.2, 0.25) is 5.91 Å². The minimum absolute atomic E-state index is 0.0321. The Bertz CT molecular complexity index is 680. The van der Waals surface area contributed by atoms with E-state index in [0.29, 0.717) is 18.5 Å². The molecule has 0 spiro atoms. The predicted octanol–water partition coefficient (Wildman–Crippen LogP) is 1.74. The van der Waals surface area contributed by atoms with Gasteiger partial charge in [0.1, 0.15) is 5.41 Å². The molecule has 2 rings (SSSR count). The quantitative estimate of drug-likeness (QED) is 0.614. The number of hydrogen-bond acceptors (Lipinski definition) is 5. The first-order chi connectivity index (χ1) is 11.3. The average Bonchev–Trinajstić information content (AvgIpc) is 2.95. The maximum Gasteiger partial charge on any atom is 0.313 e. The number of halogens is 1. The number of carbonyl (C=O) groups is 2. The number of carboxylic acid groups (broad SMARTS) is 1. The fourth-order valence-corrected chi connectivity index (χ4v) is 3.03. The van der Waals surface area contributed by atoms with Crippen LogP contribution in [-0.2, 0) is 20.7 Å². The zero-order valence-corrected chi connectivity index (χ0v) is 13.8. The molecule has 1 unspecified atom stereocenters. The minimum atomic E-state index is -1.09. The van der Waals surface area contributed by atoms with E-state index in [9.17, 15) is 24.8 Å². The molecule has 1 amide bonds. The first-order valence-electron chi connectivity index (χ1n) is 7.22. The highest BCUT2D eigenvalue weighted by atomic mass is 35.5. The fourth-order valence-electron chi connectivity index (χ4n) is 2.78. The highest BCUT2D eigenvalue weighted by Gasteiger charge is 2.46. The van der Waals surface area contributed by atoms with Crippen LogP contribution in [0.4, 0.5) is 5.69 Å². The molecule has 9 heteroatoms. The van der Waals surface area contributed by atoms with Crippen molar-refractivity contribution < 1.29 is 24.4 Å². The number of aliphatic carboxylic acids is 1. The van der Waals surface area contributed by atoms with Gasteiger partial charge >= 0.3 is 5.97 Å². The maximum atomic E-state index is 12.4. The van der Waals surface area contributed by atoms with E-state index in [0.717, 1.165) is 0 Å². The second-order valence-electron chi connectivity index (χ2n) is 5.79. The number of methoxy groups -OCH3 is 1. The number of amides is 1. The van der Waals surface area contributed by atoms with Crippen molar-refractivity contribution in [3.05, 3.63) is 38.9 Å². The molecular weight excluding hydrogens is 340 g/mol. The molecule has 1 aliphatic heterocycles. The molecule has 0 aromatic heterocycles. The summed E-state index contributed by atoms with van der Waals surface area (Å²) in [4.78, 5) is 35.5. The summed E-state index contributed by atoms with van der Waals surface area (Å²) in [5.74, 6) is -1.27. The van der Waals surface area contributed by atoms with Crippen molar-refractivity contribution in [3.8, 4) is 0 Å². The number of nitro groups is 1. The van der Waals surface area contributed by atoms with Gasteiger partial charge in [-0.2, -0.15) is 0 Å². The largest absolute Gasteiger partial charge is 0.481 e. The molecule has 130 valence electrons. The molecule has 0 radical (unpaired) electrons. The molecular formula is C15H17ClN2O6. The van der Waals surface area contributed by atoms with Crippen LogP contribution in [0.15, 0.2) is 18.2 Å². The van der Waals surface area contributed by atoms with Crippen LogP contribution in [0, 0.1) is 15.5 Å². The van der Waals surface area contributed by atoms with Crippen molar-refractivity contribution in [2.24, 2.45) is 5.41 Å². The first-order valence-corrected chi connectivity index (χ1v) is 7.60. The topological polar surface area (TPSA) is 110 Å². The maximum absolute atomic E-state index is 12.4. The van der Waals surface area contributed by atoms with E-state index in [1.54, 1.807) is 0 Å². The summed E-state index contributed by atoms with van der Waals surface area (Å²) < 4.78 is 4.99. The number of carboxylic acids is 1. The molecule has 1 aliphatic rings. The Morgan fingerprint density at radius 2 is 2.21 bits per heavy atom. The van der Waals surface area contributed by atoms with Gasteiger partial charge in [-0.3, -0.25) is 19.7 Å². The van der Waals surface area contributed by atoms with E-state index in [4.69, 9.17) is 16.3 Å². The van der Waals surface area contributed by atoms with E-state index in [-0.39, 0.29) is 36.2 Å². The Morgan fingerprint density at radius 1 is 1.50 bits per heavy atom. The number of rotatable bonds is 6. The lowest BCUT2D eigenvalue weighted by atomic mass is 9.88. The third-order valence-electron chi connectivity index (χ3n) is 4.17. The van der Waals surface area contributed by atoms with Gasteiger partial charge in [0.25, 0.3) is 5.69 Å². The van der Waals surface area contributed by atoms with Gasteiger partial charge in [0, 0.05) is 32.3 Å². The minimum Gasteiger partial charge on any atom is -0.481 e. The molecule has 24 heavy (non-hydrogen) atoms. The average molecular weight is 357 g/mol. The van der Waals surface area contributed by atoms with Gasteiger partial charge < -0.3 is 14.7 Å². The summed E-state index contributed by atoms with van der Waals surface area (Å²) in [6.07, 6.45) is 0.273. The monoisotopic (exact) mass is 356 g/mol. The number of ether oxygens (including phenoxy) is 1. The van der Waals surface area contributed by atoms with Crippen LogP contribution in [0.3, 0.4) is 0 Å². The molecule has 1 fully saturated rings. The zero-order valence-electron chi connectivity index (χ0n) is 13.0. The van der Waals surface area contributed by atoms with Gasteiger partial charge in [-0.1, -0.05) is 17.7 Å². The fraction of sp³-hybridized carbons (Fsp3) is 0.467. The molecule has 1 saturated heterocycles. The van der Waals surface area contributed by atoms with E-state index >= 15 is 0 Å². The number of benzene rings is 1. The van der Waals surface area contributed by atoms with Crippen LogP contribution >= 0.6 is 11.6 Å². The lowest BCUT2D eigenvalue weighted by Crippen LogP contribution is -2.40. The molecule has 8 nitrogen and oxygen atoms in total. The second-order valence-corrected chi connectivity index (χ2v) is 6.20. The Hall–Kier alpha value is -2.19. The SMILES string of the molecule is COCC1(C(=O)O)CCN(C(=O)Cc2ccc([N+](=O)[O-])cc2Cl)C1. The summed E-state index contributed by atoms with van der Waals surface area (Å²) in [7, 11) is 1.42. The second kappa shape index (κ2) is 7.14. The van der Waals surface area contributed by atoms with Crippen molar-refractivity contribution in [3.63, 3.8) is 0 Å². The molecule has 0 bridgehead atoms. The highest BCUT2D eigenvalue weighted by Crippen LogP contribution is 2.32. The summed E-state index contributed by atoms with van der Waals surface area (Å²) in [6.45, 7) is 0.420. The molecule has 1 aromatic carbocycles. The standard InChI is InChI=1S/C15H17ClN2O6/c1-24-9-15(14(20)21)4-5-17(8-15)13(19)6-10-2-3-11(18(22)23)7-12(10)16/h2-3,7H,4-6,8-9H2,1H3,(H,20,21). The Labute approximate surface area is 143 Å². The zero-order chi connectivity index (χ0) is 17.9. The first kappa shape index (κ1) is 18.2. The molecule has 1 N–H and O–H groups in total. The number of carbonyl (C=O) groups excluding carboxylic acids is 1. The molecule has 1 aromatic rings. The highest BCUT2D eigenvalue weighted by molar-refractivity contribution is 6.31. The number of nitrogens with zero attached hydrogens (tertiary/aromatic N) is 2. The molecule has 1 heterocycles. The van der Waals surface area contributed by atoms with Gasteiger partial charge in [0.05, 0.1) is 23.0 Å². The van der Waals surface area contributed by atoms with Gasteiger partial charge in [0.15, 0.2) is 0 Å².